The molecule has 0 bridgehead atoms. The van der Waals surface area contributed by atoms with Gasteiger partial charge in [-0.15, -0.1) is 0 Å². The molecule has 1 aromatic carbocycles. The van der Waals surface area contributed by atoms with Crippen LogP contribution in [0.25, 0.3) is 0 Å². The molecule has 4 nitrogen and oxygen atoms in total. The highest BCUT2D eigenvalue weighted by Gasteiger charge is 2.11. The van der Waals surface area contributed by atoms with Gasteiger partial charge in [-0.05, 0) is 37.8 Å². The molecule has 1 aliphatic rings. The van der Waals surface area contributed by atoms with E-state index in [4.69, 9.17) is 0 Å². The molecule has 1 amide bonds. The average molecular weight is 268 g/mol. The summed E-state index contributed by atoms with van der Waals surface area (Å²) >= 11 is 0. The Bertz CT molecular complexity index is 495. The van der Waals surface area contributed by atoms with Crippen molar-refractivity contribution in [1.29, 1.82) is 0 Å². The van der Waals surface area contributed by atoms with Gasteiger partial charge in [0.05, 0.1) is 11.4 Å². The van der Waals surface area contributed by atoms with Crippen LogP contribution in [0.3, 0.4) is 0 Å². The van der Waals surface area contributed by atoms with Gasteiger partial charge >= 0.3 is 6.09 Å². The number of nitrogens with zero attached hydrogens (tertiary/aromatic N) is 1. The SMILES string of the molecule is O=C(Nc1cc(F)ccc1F)ON=C1CCCCC1. The van der Waals surface area contributed by atoms with Crippen molar-refractivity contribution in [2.75, 3.05) is 5.32 Å². The van der Waals surface area contributed by atoms with Crippen LogP contribution in [0, 0.1) is 11.6 Å². The number of carbonyl (C=O) groups excluding carboxylic acids is 1. The van der Waals surface area contributed by atoms with Gasteiger partial charge in [0.15, 0.2) is 0 Å². The predicted octanol–water partition coefficient (Wildman–Crippen LogP) is 3.83. The molecule has 1 aliphatic carbocycles. The van der Waals surface area contributed by atoms with Gasteiger partial charge in [-0.3, -0.25) is 10.2 Å². The van der Waals surface area contributed by atoms with Gasteiger partial charge in [0.2, 0.25) is 0 Å². The molecule has 1 saturated carbocycles. The van der Waals surface area contributed by atoms with Gasteiger partial charge in [0.1, 0.15) is 11.6 Å². The molecule has 0 spiro atoms. The van der Waals surface area contributed by atoms with Crippen molar-refractivity contribution in [1.82, 2.24) is 0 Å². The minimum Gasteiger partial charge on any atom is -0.298 e. The van der Waals surface area contributed by atoms with E-state index >= 15 is 0 Å². The zero-order valence-corrected chi connectivity index (χ0v) is 10.3. The Morgan fingerprint density at radius 2 is 1.95 bits per heavy atom. The molecule has 0 radical (unpaired) electrons. The second kappa shape index (κ2) is 6.26. The summed E-state index contributed by atoms with van der Waals surface area (Å²) in [4.78, 5) is 16.0. The molecule has 6 heteroatoms. The van der Waals surface area contributed by atoms with Crippen molar-refractivity contribution >= 4 is 17.5 Å². The van der Waals surface area contributed by atoms with E-state index in [1.165, 1.54) is 0 Å². The molecule has 0 heterocycles. The van der Waals surface area contributed by atoms with Crippen LogP contribution in [0.4, 0.5) is 19.3 Å². The number of carbonyl (C=O) groups is 1. The molecular formula is C13H14F2N2O2. The van der Waals surface area contributed by atoms with Gasteiger partial charge in [-0.1, -0.05) is 11.6 Å². The Labute approximate surface area is 109 Å². The monoisotopic (exact) mass is 268 g/mol. The first-order valence-electron chi connectivity index (χ1n) is 6.14. The third kappa shape index (κ3) is 4.01. The maximum Gasteiger partial charge on any atom is 0.437 e. The van der Waals surface area contributed by atoms with Crippen molar-refractivity contribution < 1.29 is 18.4 Å². The first kappa shape index (κ1) is 13.5. The van der Waals surface area contributed by atoms with E-state index in [-0.39, 0.29) is 5.69 Å². The fourth-order valence-corrected chi connectivity index (χ4v) is 1.88. The quantitative estimate of drug-likeness (QED) is 0.654. The standard InChI is InChI=1S/C13H14F2N2O2/c14-9-6-7-11(15)12(8-9)16-13(18)19-17-10-4-2-1-3-5-10/h6-8H,1-5H2,(H,16,18). The average Bonchev–Trinajstić information content (AvgIpc) is 2.42. The molecule has 2 rings (SSSR count). The summed E-state index contributed by atoms with van der Waals surface area (Å²) in [5.41, 5.74) is 0.551. The highest BCUT2D eigenvalue weighted by atomic mass is 19.1. The second-order valence-corrected chi connectivity index (χ2v) is 4.35. The van der Waals surface area contributed by atoms with Crippen LogP contribution in [-0.2, 0) is 4.84 Å². The van der Waals surface area contributed by atoms with Gasteiger partial charge in [0.25, 0.3) is 0 Å². The first-order chi connectivity index (χ1) is 9.15. The fourth-order valence-electron chi connectivity index (χ4n) is 1.88. The highest BCUT2D eigenvalue weighted by molar-refractivity contribution is 5.87. The number of hydrogen-bond acceptors (Lipinski definition) is 3. The van der Waals surface area contributed by atoms with Crippen molar-refractivity contribution in [3.63, 3.8) is 0 Å². The normalized spacial score (nSPS) is 14.9. The van der Waals surface area contributed by atoms with Crippen LogP contribution >= 0.6 is 0 Å². The first-order valence-corrected chi connectivity index (χ1v) is 6.14. The Balaban J connectivity index is 1.92. The molecule has 0 unspecified atom stereocenters. The van der Waals surface area contributed by atoms with Crippen molar-refractivity contribution in [2.45, 2.75) is 32.1 Å². The van der Waals surface area contributed by atoms with Crippen molar-refractivity contribution in [2.24, 2.45) is 5.16 Å². The molecule has 102 valence electrons. The molecule has 0 aliphatic heterocycles. The molecule has 1 fully saturated rings. The predicted molar refractivity (Wildman–Crippen MR) is 67.0 cm³/mol. The van der Waals surface area contributed by atoms with E-state index in [1.807, 2.05) is 0 Å². The smallest absolute Gasteiger partial charge is 0.298 e. The lowest BCUT2D eigenvalue weighted by molar-refractivity contribution is 0.165. The third-order valence-electron chi connectivity index (χ3n) is 2.85. The van der Waals surface area contributed by atoms with Crippen LogP contribution < -0.4 is 5.32 Å². The van der Waals surface area contributed by atoms with Crippen molar-refractivity contribution in [3.05, 3.63) is 29.8 Å². The topological polar surface area (TPSA) is 50.7 Å². The van der Waals surface area contributed by atoms with E-state index in [2.05, 4.69) is 15.3 Å². The van der Waals surface area contributed by atoms with Crippen LogP contribution in [0.15, 0.2) is 23.4 Å². The summed E-state index contributed by atoms with van der Waals surface area (Å²) in [5.74, 6) is -1.38. The van der Waals surface area contributed by atoms with E-state index < -0.39 is 17.7 Å². The number of amides is 1. The zero-order valence-electron chi connectivity index (χ0n) is 10.3. The number of oxime groups is 1. The number of benzene rings is 1. The summed E-state index contributed by atoms with van der Waals surface area (Å²) < 4.78 is 26.1. The van der Waals surface area contributed by atoms with E-state index in [0.717, 1.165) is 56.0 Å². The maximum atomic E-state index is 13.3. The number of halogens is 2. The molecule has 0 saturated heterocycles. The highest BCUT2D eigenvalue weighted by Crippen LogP contribution is 2.17. The minimum absolute atomic E-state index is 0.270. The van der Waals surface area contributed by atoms with E-state index in [0.29, 0.717) is 0 Å². The van der Waals surface area contributed by atoms with Gasteiger partial charge in [-0.25, -0.2) is 13.6 Å². The Morgan fingerprint density at radius 3 is 2.68 bits per heavy atom. The molecule has 19 heavy (non-hydrogen) atoms. The molecule has 1 N–H and O–H groups in total. The Kier molecular flexibility index (Phi) is 4.43. The van der Waals surface area contributed by atoms with E-state index in [1.54, 1.807) is 0 Å². The lowest BCUT2D eigenvalue weighted by Gasteiger charge is -2.11. The molecule has 0 atom stereocenters. The van der Waals surface area contributed by atoms with Crippen LogP contribution in [-0.4, -0.2) is 11.8 Å². The van der Waals surface area contributed by atoms with Gasteiger partial charge in [0, 0.05) is 6.07 Å². The van der Waals surface area contributed by atoms with Crippen LogP contribution in [0.1, 0.15) is 32.1 Å². The van der Waals surface area contributed by atoms with Gasteiger partial charge < -0.3 is 0 Å². The van der Waals surface area contributed by atoms with Gasteiger partial charge in [-0.2, -0.15) is 0 Å². The summed E-state index contributed by atoms with van der Waals surface area (Å²) in [7, 11) is 0. The van der Waals surface area contributed by atoms with Crippen LogP contribution in [0.5, 0.6) is 0 Å². The number of nitrogens with one attached hydrogen (secondary N) is 1. The van der Waals surface area contributed by atoms with E-state index in [9.17, 15) is 13.6 Å². The molecule has 0 aromatic heterocycles. The third-order valence-corrected chi connectivity index (χ3v) is 2.85. The van der Waals surface area contributed by atoms with Crippen molar-refractivity contribution in [3.8, 4) is 0 Å². The summed E-state index contributed by atoms with van der Waals surface area (Å²) in [6.07, 6.45) is 3.90. The second-order valence-electron chi connectivity index (χ2n) is 4.35. The lowest BCUT2D eigenvalue weighted by Crippen LogP contribution is -2.14. The Hall–Kier alpha value is -1.98. The zero-order chi connectivity index (χ0) is 13.7. The maximum absolute atomic E-state index is 13.3. The lowest BCUT2D eigenvalue weighted by atomic mass is 9.99. The largest absolute Gasteiger partial charge is 0.437 e. The summed E-state index contributed by atoms with van der Waals surface area (Å²) in [6.45, 7) is 0. The minimum atomic E-state index is -0.928. The Morgan fingerprint density at radius 1 is 1.21 bits per heavy atom. The number of rotatable bonds is 2. The molecular weight excluding hydrogens is 254 g/mol. The van der Waals surface area contributed by atoms with Crippen LogP contribution in [0.2, 0.25) is 0 Å². The number of anilines is 1. The summed E-state index contributed by atoms with van der Waals surface area (Å²) in [6, 6.07) is 2.77. The summed E-state index contributed by atoms with van der Waals surface area (Å²) in [5, 5.41) is 5.83. The molecule has 1 aromatic rings. The fraction of sp³-hybridized carbons (Fsp3) is 0.385. The number of hydrogen-bond donors (Lipinski definition) is 1.